The van der Waals surface area contributed by atoms with Gasteiger partial charge in [-0.1, -0.05) is 52.8 Å². The summed E-state index contributed by atoms with van der Waals surface area (Å²) in [6.07, 6.45) is 4.95. The third kappa shape index (κ3) is 3.09. The van der Waals surface area contributed by atoms with Crippen LogP contribution in [-0.2, 0) is 18.3 Å². The average Bonchev–Trinajstić information content (AvgIpc) is 3.17. The third-order valence-corrected chi connectivity index (χ3v) is 6.72. The second kappa shape index (κ2) is 6.09. The number of hydrogen-bond donors (Lipinski definition) is 0. The largest absolute Gasteiger partial charge is 0.356 e. The zero-order chi connectivity index (χ0) is 18.7. The minimum atomic E-state index is 0.0202. The molecule has 1 aliphatic carbocycles. The van der Waals surface area contributed by atoms with Crippen molar-refractivity contribution in [1.29, 1.82) is 0 Å². The van der Waals surface area contributed by atoms with Gasteiger partial charge in [-0.05, 0) is 61.7 Å². The summed E-state index contributed by atoms with van der Waals surface area (Å²) in [6.45, 7) is 16.3. The van der Waals surface area contributed by atoms with Crippen LogP contribution in [0.4, 0.5) is 0 Å². The maximum Gasteiger partial charge on any atom is 0.170 e. The molecule has 3 nitrogen and oxygen atoms in total. The van der Waals surface area contributed by atoms with Gasteiger partial charge in [0, 0.05) is 22.4 Å². The lowest BCUT2D eigenvalue weighted by Crippen LogP contribution is -2.44. The smallest absolute Gasteiger partial charge is 0.170 e. The lowest BCUT2D eigenvalue weighted by Gasteiger charge is -2.41. The Morgan fingerprint density at radius 3 is 2.31 bits per heavy atom. The number of likely N-dealkylation sites (tertiary alicyclic amines) is 1. The molecule has 0 spiro atoms. The van der Waals surface area contributed by atoms with Gasteiger partial charge in [0.1, 0.15) is 0 Å². The quantitative estimate of drug-likeness (QED) is 0.691. The fourth-order valence-corrected chi connectivity index (χ4v) is 5.01. The van der Waals surface area contributed by atoms with Crippen molar-refractivity contribution in [1.82, 2.24) is 10.1 Å². The van der Waals surface area contributed by atoms with Gasteiger partial charge < -0.3 is 4.52 Å². The fourth-order valence-electron chi connectivity index (χ4n) is 5.01. The molecule has 1 saturated heterocycles. The molecule has 1 aromatic heterocycles. The molecule has 142 valence electrons. The number of hydrogen-bond acceptors (Lipinski definition) is 3. The average molecular weight is 355 g/mol. The van der Waals surface area contributed by atoms with E-state index in [2.05, 4.69) is 63.7 Å². The first-order chi connectivity index (χ1) is 12.1. The van der Waals surface area contributed by atoms with Crippen LogP contribution in [0.2, 0.25) is 0 Å². The Balaban J connectivity index is 1.53. The minimum absolute atomic E-state index is 0.0202. The Morgan fingerprint density at radius 1 is 1.00 bits per heavy atom. The Labute approximate surface area is 158 Å². The molecule has 1 atom stereocenters. The van der Waals surface area contributed by atoms with Gasteiger partial charge in [-0.2, -0.15) is 0 Å². The van der Waals surface area contributed by atoms with Gasteiger partial charge in [0.05, 0.1) is 5.69 Å². The first-order valence-electron chi connectivity index (χ1n) is 10.3. The van der Waals surface area contributed by atoms with Crippen LogP contribution in [0.25, 0.3) is 11.0 Å². The SMILES string of the molecule is CC(C)(C)c1noc2c3c(ccc12)CC(N1CCC(C(C)(C)C)CC1)C3. The molecule has 0 amide bonds. The summed E-state index contributed by atoms with van der Waals surface area (Å²) in [4.78, 5) is 2.73. The molecule has 0 bridgehead atoms. The Morgan fingerprint density at radius 2 is 1.69 bits per heavy atom. The maximum atomic E-state index is 5.85. The number of nitrogens with zero attached hydrogens (tertiary/aromatic N) is 2. The summed E-state index contributed by atoms with van der Waals surface area (Å²) in [7, 11) is 0. The third-order valence-electron chi connectivity index (χ3n) is 6.72. The summed E-state index contributed by atoms with van der Waals surface area (Å²) >= 11 is 0. The monoisotopic (exact) mass is 354 g/mol. The van der Waals surface area contributed by atoms with Crippen molar-refractivity contribution in [3.8, 4) is 0 Å². The van der Waals surface area contributed by atoms with E-state index in [0.717, 1.165) is 30.0 Å². The highest BCUT2D eigenvalue weighted by Crippen LogP contribution is 2.39. The molecule has 2 aliphatic rings. The number of benzene rings is 1. The summed E-state index contributed by atoms with van der Waals surface area (Å²) < 4.78 is 5.85. The molecule has 0 radical (unpaired) electrons. The zero-order valence-electron chi connectivity index (χ0n) is 17.4. The highest BCUT2D eigenvalue weighted by atomic mass is 16.5. The van der Waals surface area contributed by atoms with E-state index in [-0.39, 0.29) is 5.41 Å². The molecule has 26 heavy (non-hydrogen) atoms. The highest BCUT2D eigenvalue weighted by molar-refractivity contribution is 5.85. The molecule has 0 N–H and O–H groups in total. The van der Waals surface area contributed by atoms with Crippen molar-refractivity contribution in [3.05, 3.63) is 29.0 Å². The predicted octanol–water partition coefficient (Wildman–Crippen LogP) is 5.35. The molecular formula is C23H34N2O. The fraction of sp³-hybridized carbons (Fsp3) is 0.696. The number of piperidine rings is 1. The van der Waals surface area contributed by atoms with Crippen LogP contribution >= 0.6 is 0 Å². The van der Waals surface area contributed by atoms with Crippen LogP contribution in [0.15, 0.2) is 16.7 Å². The van der Waals surface area contributed by atoms with E-state index in [1.165, 1.54) is 42.4 Å². The molecule has 1 fully saturated rings. The van der Waals surface area contributed by atoms with E-state index in [1.807, 2.05) is 0 Å². The van der Waals surface area contributed by atoms with E-state index >= 15 is 0 Å². The molecule has 3 heteroatoms. The van der Waals surface area contributed by atoms with E-state index in [9.17, 15) is 0 Å². The van der Waals surface area contributed by atoms with Gasteiger partial charge in [-0.3, -0.25) is 4.90 Å². The molecule has 2 aromatic rings. The molecule has 4 rings (SSSR count). The van der Waals surface area contributed by atoms with E-state index in [0.29, 0.717) is 11.5 Å². The lowest BCUT2D eigenvalue weighted by molar-refractivity contribution is 0.0853. The van der Waals surface area contributed by atoms with Crippen LogP contribution < -0.4 is 0 Å². The van der Waals surface area contributed by atoms with Crippen molar-refractivity contribution in [2.24, 2.45) is 11.3 Å². The number of rotatable bonds is 1. The molecule has 1 aliphatic heterocycles. The van der Waals surface area contributed by atoms with Gasteiger partial charge in [0.15, 0.2) is 5.58 Å². The van der Waals surface area contributed by atoms with Crippen molar-refractivity contribution in [2.75, 3.05) is 13.1 Å². The summed E-state index contributed by atoms with van der Waals surface area (Å²) in [5.41, 5.74) is 5.47. The second-order valence-electron chi connectivity index (χ2n) is 10.6. The Hall–Kier alpha value is -1.35. The maximum absolute atomic E-state index is 5.85. The van der Waals surface area contributed by atoms with Crippen molar-refractivity contribution >= 4 is 11.0 Å². The predicted molar refractivity (Wildman–Crippen MR) is 108 cm³/mol. The summed E-state index contributed by atoms with van der Waals surface area (Å²) in [6, 6.07) is 5.20. The van der Waals surface area contributed by atoms with Crippen LogP contribution in [0, 0.1) is 11.3 Å². The lowest BCUT2D eigenvalue weighted by atomic mass is 9.75. The first kappa shape index (κ1) is 18.0. The van der Waals surface area contributed by atoms with E-state index < -0.39 is 0 Å². The Kier molecular flexibility index (Phi) is 4.22. The van der Waals surface area contributed by atoms with Crippen molar-refractivity contribution in [3.63, 3.8) is 0 Å². The topological polar surface area (TPSA) is 29.3 Å². The second-order valence-corrected chi connectivity index (χ2v) is 10.6. The normalized spacial score (nSPS) is 22.9. The van der Waals surface area contributed by atoms with Crippen LogP contribution in [0.1, 0.15) is 71.2 Å². The van der Waals surface area contributed by atoms with Crippen LogP contribution in [-0.4, -0.2) is 29.2 Å². The summed E-state index contributed by atoms with van der Waals surface area (Å²) in [5.74, 6) is 0.859. The van der Waals surface area contributed by atoms with Gasteiger partial charge in [-0.25, -0.2) is 0 Å². The van der Waals surface area contributed by atoms with Gasteiger partial charge in [0.2, 0.25) is 0 Å². The summed E-state index contributed by atoms with van der Waals surface area (Å²) in [5, 5.41) is 5.64. The highest BCUT2D eigenvalue weighted by Gasteiger charge is 2.35. The van der Waals surface area contributed by atoms with Gasteiger partial charge in [0.25, 0.3) is 0 Å². The minimum Gasteiger partial charge on any atom is -0.356 e. The van der Waals surface area contributed by atoms with E-state index in [1.54, 1.807) is 0 Å². The number of aromatic nitrogens is 1. The van der Waals surface area contributed by atoms with Gasteiger partial charge in [-0.15, -0.1) is 0 Å². The standard InChI is InChI=1S/C23H34N2O/c1-22(2,3)16-9-11-25(12-10-16)17-13-15-7-8-18-20(19(15)14-17)26-24-21(18)23(4,5)6/h7-8,16-17H,9-14H2,1-6H3. The zero-order valence-corrected chi connectivity index (χ0v) is 17.4. The van der Waals surface area contributed by atoms with Crippen molar-refractivity contribution in [2.45, 2.75) is 78.7 Å². The molecule has 0 saturated carbocycles. The Bertz CT molecular complexity index is 798. The molecule has 2 heterocycles. The van der Waals surface area contributed by atoms with Crippen LogP contribution in [0.5, 0.6) is 0 Å². The first-order valence-corrected chi connectivity index (χ1v) is 10.3. The van der Waals surface area contributed by atoms with Gasteiger partial charge >= 0.3 is 0 Å². The van der Waals surface area contributed by atoms with E-state index in [4.69, 9.17) is 4.52 Å². The van der Waals surface area contributed by atoms with Crippen molar-refractivity contribution < 1.29 is 4.52 Å². The molecular weight excluding hydrogens is 320 g/mol. The van der Waals surface area contributed by atoms with Crippen LogP contribution in [0.3, 0.4) is 0 Å². The molecule has 1 unspecified atom stereocenters. The number of fused-ring (bicyclic) bond motifs is 3. The molecule has 1 aromatic carbocycles.